The van der Waals surface area contributed by atoms with E-state index in [1.54, 1.807) is 0 Å². The fraction of sp³-hybridized carbons (Fsp3) is 0.323. The van der Waals surface area contributed by atoms with Crippen molar-refractivity contribution in [1.29, 1.82) is 0 Å². The molecule has 172 valence electrons. The number of carbonyl (C=O) groups is 1. The Morgan fingerprint density at radius 2 is 1.52 bits per heavy atom. The molecule has 1 N–H and O–H groups in total. The van der Waals surface area contributed by atoms with Crippen molar-refractivity contribution < 1.29 is 4.79 Å². The Morgan fingerprint density at radius 1 is 0.818 bits per heavy atom. The number of rotatable bonds is 13. The Kier molecular flexibility index (Phi) is 10.5. The van der Waals surface area contributed by atoms with Gasteiger partial charge in [-0.1, -0.05) is 123 Å². The number of unbranched alkanes of at least 4 members (excludes halogenated alkanes) is 4. The summed E-state index contributed by atoms with van der Waals surface area (Å²) in [5, 5.41) is 3.26. The van der Waals surface area contributed by atoms with E-state index in [-0.39, 0.29) is 11.9 Å². The highest BCUT2D eigenvalue weighted by Gasteiger charge is 2.15. The third-order valence-electron chi connectivity index (χ3n) is 5.97. The van der Waals surface area contributed by atoms with Crippen LogP contribution in [0.15, 0.2) is 91.0 Å². The quantitative estimate of drug-likeness (QED) is 0.272. The zero-order chi connectivity index (χ0) is 23.1. The second-order valence-corrected chi connectivity index (χ2v) is 8.71. The molecule has 0 radical (unpaired) electrons. The maximum atomic E-state index is 12.8. The van der Waals surface area contributed by atoms with E-state index >= 15 is 0 Å². The van der Waals surface area contributed by atoms with Gasteiger partial charge in [0.1, 0.15) is 0 Å². The van der Waals surface area contributed by atoms with Crippen molar-refractivity contribution in [3.63, 3.8) is 0 Å². The second-order valence-electron chi connectivity index (χ2n) is 8.71. The molecule has 0 aromatic heterocycles. The van der Waals surface area contributed by atoms with Crippen LogP contribution in [0.3, 0.4) is 0 Å². The van der Waals surface area contributed by atoms with E-state index in [0.717, 1.165) is 24.8 Å². The summed E-state index contributed by atoms with van der Waals surface area (Å²) >= 11 is 0. The summed E-state index contributed by atoms with van der Waals surface area (Å²) in [4.78, 5) is 12.8. The first kappa shape index (κ1) is 24.5. The third-order valence-corrected chi connectivity index (χ3v) is 5.97. The van der Waals surface area contributed by atoms with Gasteiger partial charge in [0, 0.05) is 6.42 Å². The first-order valence-electron chi connectivity index (χ1n) is 12.4. The second kappa shape index (κ2) is 14.1. The number of allylic oxidation sites excluding steroid dienone is 1. The molecule has 0 saturated carbocycles. The van der Waals surface area contributed by atoms with Crippen molar-refractivity contribution in [2.45, 2.75) is 64.3 Å². The lowest BCUT2D eigenvalue weighted by molar-refractivity contribution is -0.121. The van der Waals surface area contributed by atoms with Crippen molar-refractivity contribution in [3.05, 3.63) is 113 Å². The molecule has 0 saturated heterocycles. The van der Waals surface area contributed by atoms with Crippen LogP contribution < -0.4 is 5.32 Å². The number of amides is 1. The van der Waals surface area contributed by atoms with Gasteiger partial charge in [-0.3, -0.25) is 4.79 Å². The molecule has 0 fully saturated rings. The fourth-order valence-electron chi connectivity index (χ4n) is 4.02. The van der Waals surface area contributed by atoms with Crippen LogP contribution in [0.5, 0.6) is 0 Å². The van der Waals surface area contributed by atoms with Gasteiger partial charge >= 0.3 is 0 Å². The van der Waals surface area contributed by atoms with Gasteiger partial charge in [0.2, 0.25) is 5.91 Å². The van der Waals surface area contributed by atoms with E-state index in [1.807, 2.05) is 36.4 Å². The normalized spacial score (nSPS) is 12.0. The fourth-order valence-corrected chi connectivity index (χ4v) is 4.02. The topological polar surface area (TPSA) is 29.1 Å². The van der Waals surface area contributed by atoms with E-state index in [2.05, 4.69) is 72.9 Å². The molecule has 3 aromatic carbocycles. The molecule has 0 bridgehead atoms. The summed E-state index contributed by atoms with van der Waals surface area (Å²) in [6.45, 7) is 2.24. The average molecular weight is 440 g/mol. The molecule has 0 spiro atoms. The van der Waals surface area contributed by atoms with E-state index < -0.39 is 0 Å². The molecular weight excluding hydrogens is 402 g/mol. The molecule has 3 rings (SSSR count). The molecule has 2 nitrogen and oxygen atoms in total. The number of hydrogen-bond acceptors (Lipinski definition) is 1. The van der Waals surface area contributed by atoms with Gasteiger partial charge in [-0.05, 0) is 47.9 Å². The lowest BCUT2D eigenvalue weighted by atomic mass is 9.98. The van der Waals surface area contributed by atoms with Crippen LogP contribution in [0, 0.1) is 0 Å². The van der Waals surface area contributed by atoms with Crippen LogP contribution in [0.25, 0.3) is 6.08 Å². The van der Waals surface area contributed by atoms with Crippen molar-refractivity contribution in [2.24, 2.45) is 0 Å². The standard InChI is InChI=1S/C31H37NO/c1-2-3-4-5-6-9-14-26-19-21-27(22-20-26)23-24-31(33)32-30(29-17-12-8-13-18-29)25-28-15-10-7-11-16-28/h7-22,30H,2-6,23-25H2,1H3,(H,32,33). The number of hydrogen-bond donors (Lipinski definition) is 1. The molecule has 0 heterocycles. The third kappa shape index (κ3) is 9.10. The highest BCUT2D eigenvalue weighted by atomic mass is 16.1. The average Bonchev–Trinajstić information content (AvgIpc) is 2.86. The lowest BCUT2D eigenvalue weighted by Gasteiger charge is -2.19. The molecule has 0 aliphatic carbocycles. The number of carbonyl (C=O) groups excluding carboxylic acids is 1. The van der Waals surface area contributed by atoms with E-state index in [4.69, 9.17) is 0 Å². The highest BCUT2D eigenvalue weighted by Crippen LogP contribution is 2.19. The van der Waals surface area contributed by atoms with Crippen molar-refractivity contribution in [2.75, 3.05) is 0 Å². The smallest absolute Gasteiger partial charge is 0.220 e. The summed E-state index contributed by atoms with van der Waals surface area (Å²) in [6.07, 6.45) is 12.8. The summed E-state index contributed by atoms with van der Waals surface area (Å²) in [6, 6.07) is 29.1. The Bertz CT molecular complexity index is 961. The number of aryl methyl sites for hydroxylation is 1. The first-order chi connectivity index (χ1) is 16.2. The Hall–Kier alpha value is -3.13. The van der Waals surface area contributed by atoms with Gasteiger partial charge in [0.15, 0.2) is 0 Å². The molecule has 0 aliphatic rings. The molecule has 1 atom stereocenters. The minimum absolute atomic E-state index is 0.0223. The van der Waals surface area contributed by atoms with Gasteiger partial charge in [0.05, 0.1) is 6.04 Å². The monoisotopic (exact) mass is 439 g/mol. The van der Waals surface area contributed by atoms with E-state index in [0.29, 0.717) is 6.42 Å². The molecule has 0 aliphatic heterocycles. The van der Waals surface area contributed by atoms with Crippen LogP contribution in [-0.2, 0) is 17.6 Å². The Morgan fingerprint density at radius 3 is 2.21 bits per heavy atom. The summed E-state index contributed by atoms with van der Waals surface area (Å²) in [7, 11) is 0. The maximum Gasteiger partial charge on any atom is 0.220 e. The first-order valence-corrected chi connectivity index (χ1v) is 12.4. The SMILES string of the molecule is CCCCCCC=Cc1ccc(CCC(=O)NC(Cc2ccccc2)c2ccccc2)cc1. The summed E-state index contributed by atoms with van der Waals surface area (Å²) in [5.41, 5.74) is 4.79. The van der Waals surface area contributed by atoms with Crippen LogP contribution in [0.4, 0.5) is 0 Å². The molecule has 1 amide bonds. The lowest BCUT2D eigenvalue weighted by Crippen LogP contribution is -2.30. The zero-order valence-electron chi connectivity index (χ0n) is 19.9. The molecular formula is C31H37NO. The van der Waals surface area contributed by atoms with E-state index in [1.165, 1.54) is 42.4 Å². The Balaban J connectivity index is 1.49. The van der Waals surface area contributed by atoms with E-state index in [9.17, 15) is 4.79 Å². The number of benzene rings is 3. The molecule has 33 heavy (non-hydrogen) atoms. The molecule has 2 heteroatoms. The largest absolute Gasteiger partial charge is 0.349 e. The van der Waals surface area contributed by atoms with Gasteiger partial charge in [0.25, 0.3) is 0 Å². The van der Waals surface area contributed by atoms with Crippen molar-refractivity contribution >= 4 is 12.0 Å². The van der Waals surface area contributed by atoms with Crippen LogP contribution in [0.1, 0.15) is 73.7 Å². The Labute approximate surface area is 199 Å². The predicted molar refractivity (Wildman–Crippen MR) is 140 cm³/mol. The highest BCUT2D eigenvalue weighted by molar-refractivity contribution is 5.76. The predicted octanol–water partition coefficient (Wildman–Crippen LogP) is 7.70. The van der Waals surface area contributed by atoms with Crippen LogP contribution in [0.2, 0.25) is 0 Å². The van der Waals surface area contributed by atoms with Crippen molar-refractivity contribution in [1.82, 2.24) is 5.32 Å². The zero-order valence-corrected chi connectivity index (χ0v) is 19.9. The van der Waals surface area contributed by atoms with Crippen LogP contribution >= 0.6 is 0 Å². The molecule has 3 aromatic rings. The van der Waals surface area contributed by atoms with Crippen molar-refractivity contribution in [3.8, 4) is 0 Å². The minimum Gasteiger partial charge on any atom is -0.349 e. The summed E-state index contributed by atoms with van der Waals surface area (Å²) < 4.78 is 0. The van der Waals surface area contributed by atoms with Crippen LogP contribution in [-0.4, -0.2) is 5.91 Å². The van der Waals surface area contributed by atoms with Gasteiger partial charge in [-0.2, -0.15) is 0 Å². The molecule has 1 unspecified atom stereocenters. The van der Waals surface area contributed by atoms with Gasteiger partial charge < -0.3 is 5.32 Å². The minimum atomic E-state index is -0.0223. The van der Waals surface area contributed by atoms with Gasteiger partial charge in [-0.25, -0.2) is 0 Å². The summed E-state index contributed by atoms with van der Waals surface area (Å²) in [5.74, 6) is 0.0934. The van der Waals surface area contributed by atoms with Gasteiger partial charge in [-0.15, -0.1) is 0 Å². The number of nitrogens with one attached hydrogen (secondary N) is 1. The maximum absolute atomic E-state index is 12.8.